The van der Waals surface area contributed by atoms with Crippen LogP contribution in [0.1, 0.15) is 136 Å². The van der Waals surface area contributed by atoms with Gasteiger partial charge in [-0.05, 0) is 19.3 Å². The molecule has 44 heavy (non-hydrogen) atoms. The Morgan fingerprint density at radius 1 is 0.500 bits per heavy atom. The van der Waals surface area contributed by atoms with Crippen LogP contribution in [0.15, 0.2) is 38.0 Å². The zero-order valence-electron chi connectivity index (χ0n) is 27.3. The topological polar surface area (TPSA) is 124 Å². The first-order valence-electron chi connectivity index (χ1n) is 16.3. The maximum Gasteiger partial charge on any atom is 0.484 e. The minimum absolute atomic E-state index is 0.197. The van der Waals surface area contributed by atoms with Gasteiger partial charge in [0.1, 0.15) is 0 Å². The Balaban J connectivity index is 6.19. The van der Waals surface area contributed by atoms with Crippen LogP contribution in [-0.2, 0) is 46.7 Å². The Hall–Kier alpha value is -2.26. The van der Waals surface area contributed by atoms with E-state index in [2.05, 4.69) is 40.5 Å². The van der Waals surface area contributed by atoms with Crippen LogP contribution in [0.2, 0.25) is 0 Å². The van der Waals surface area contributed by atoms with Crippen LogP contribution in [0.3, 0.4) is 0 Å². The molecule has 0 aromatic heterocycles. The number of hydrogen-bond donors (Lipinski definition) is 0. The Morgan fingerprint density at radius 3 is 0.977 bits per heavy atom. The second-order valence-corrected chi connectivity index (χ2v) is 12.1. The molecule has 0 N–H and O–H groups in total. The quantitative estimate of drug-likeness (QED) is 0.0186. The summed E-state index contributed by atoms with van der Waals surface area (Å²) in [6.07, 6.45) is 13.0. The molecule has 10 nitrogen and oxygen atoms in total. The molecule has 11 heteroatoms. The Labute approximate surface area is 265 Å². The lowest BCUT2D eigenvalue weighted by Gasteiger charge is -2.29. The number of phosphoric ester groups is 1. The Kier molecular flexibility index (Phi) is 25.7. The first kappa shape index (κ1) is 41.7. The molecule has 0 spiro atoms. The van der Waals surface area contributed by atoms with E-state index < -0.39 is 44.6 Å². The van der Waals surface area contributed by atoms with E-state index >= 15 is 0 Å². The zero-order valence-corrected chi connectivity index (χ0v) is 28.2. The molecule has 3 atom stereocenters. The lowest BCUT2D eigenvalue weighted by molar-refractivity contribution is -0.180. The van der Waals surface area contributed by atoms with E-state index in [0.29, 0.717) is 19.3 Å². The molecule has 0 amide bonds. The average molecular weight is 645 g/mol. The van der Waals surface area contributed by atoms with E-state index in [1.165, 1.54) is 0 Å². The van der Waals surface area contributed by atoms with Gasteiger partial charge in [-0.3, -0.25) is 0 Å². The van der Waals surface area contributed by atoms with Gasteiger partial charge >= 0.3 is 25.7 Å². The molecule has 0 aromatic rings. The third kappa shape index (κ3) is 22.3. The van der Waals surface area contributed by atoms with E-state index in [4.69, 9.17) is 27.8 Å². The third-order valence-corrected chi connectivity index (χ3v) is 8.09. The molecule has 0 fully saturated rings. The molecule has 0 aliphatic heterocycles. The molecule has 0 saturated carbocycles. The first-order chi connectivity index (χ1) is 21.2. The van der Waals surface area contributed by atoms with Gasteiger partial charge in [-0.25, -0.2) is 32.5 Å². The SMILES string of the molecule is C=CC(=O)OC(CCCCCCC)OP(=O)(OC(CCCCCCC)OC(=O)C=C)OC(CCCCCCC)OC(=O)C=C. The molecule has 3 unspecified atom stereocenters. The predicted octanol–water partition coefficient (Wildman–Crippen LogP) is 9.39. The van der Waals surface area contributed by atoms with Crippen molar-refractivity contribution < 1.29 is 46.7 Å². The number of carbonyl (C=O) groups excluding carboxylic acids is 3. The maximum atomic E-state index is 14.3. The molecule has 0 aromatic carbocycles. The molecular weight excluding hydrogens is 587 g/mol. The second kappa shape index (κ2) is 27.1. The van der Waals surface area contributed by atoms with Gasteiger partial charge in [0.2, 0.25) is 18.9 Å². The van der Waals surface area contributed by atoms with E-state index in [-0.39, 0.29) is 19.3 Å². The van der Waals surface area contributed by atoms with Crippen LogP contribution in [0, 0.1) is 0 Å². The number of rotatable bonds is 30. The van der Waals surface area contributed by atoms with E-state index in [9.17, 15) is 18.9 Å². The second-order valence-electron chi connectivity index (χ2n) is 10.6. The maximum absolute atomic E-state index is 14.3. The summed E-state index contributed by atoms with van der Waals surface area (Å²) < 4.78 is 47.8. The molecule has 0 rings (SSSR count). The van der Waals surface area contributed by atoms with E-state index in [1.807, 2.05) is 0 Å². The zero-order chi connectivity index (χ0) is 33.1. The molecule has 0 bridgehead atoms. The van der Waals surface area contributed by atoms with Crippen LogP contribution < -0.4 is 0 Å². The lowest BCUT2D eigenvalue weighted by Crippen LogP contribution is -2.27. The molecule has 0 saturated heterocycles. The minimum Gasteiger partial charge on any atom is -0.432 e. The van der Waals surface area contributed by atoms with Gasteiger partial charge in [0.15, 0.2) is 0 Å². The summed E-state index contributed by atoms with van der Waals surface area (Å²) in [5.41, 5.74) is 0. The first-order valence-corrected chi connectivity index (χ1v) is 17.8. The van der Waals surface area contributed by atoms with Gasteiger partial charge in [-0.15, -0.1) is 0 Å². The van der Waals surface area contributed by atoms with Crippen molar-refractivity contribution in [3.8, 4) is 0 Å². The summed E-state index contributed by atoms with van der Waals surface area (Å²) in [5.74, 6) is -2.36. The van der Waals surface area contributed by atoms with Crippen LogP contribution in [0.25, 0.3) is 0 Å². The predicted molar refractivity (Wildman–Crippen MR) is 171 cm³/mol. The summed E-state index contributed by atoms with van der Waals surface area (Å²) in [6.45, 7) is 16.6. The van der Waals surface area contributed by atoms with Crippen LogP contribution in [0.4, 0.5) is 0 Å². The van der Waals surface area contributed by atoms with Crippen molar-refractivity contribution in [1.82, 2.24) is 0 Å². The highest BCUT2D eigenvalue weighted by Crippen LogP contribution is 2.54. The average Bonchev–Trinajstić information content (AvgIpc) is 3.00. The smallest absolute Gasteiger partial charge is 0.432 e. The summed E-state index contributed by atoms with van der Waals surface area (Å²) in [7, 11) is -4.71. The molecule has 0 aliphatic rings. The highest BCUT2D eigenvalue weighted by molar-refractivity contribution is 7.48. The Bertz CT molecular complexity index is 765. The van der Waals surface area contributed by atoms with Crippen molar-refractivity contribution >= 4 is 25.7 Å². The van der Waals surface area contributed by atoms with Gasteiger partial charge in [-0.1, -0.05) is 118 Å². The van der Waals surface area contributed by atoms with E-state index in [0.717, 1.165) is 95.3 Å². The fraction of sp³-hybridized carbons (Fsp3) is 0.727. The van der Waals surface area contributed by atoms with Crippen molar-refractivity contribution in [2.75, 3.05) is 0 Å². The van der Waals surface area contributed by atoms with Gasteiger partial charge < -0.3 is 14.2 Å². The van der Waals surface area contributed by atoms with Gasteiger partial charge in [-0.2, -0.15) is 0 Å². The number of phosphoric acid groups is 1. The monoisotopic (exact) mass is 644 g/mol. The van der Waals surface area contributed by atoms with Crippen molar-refractivity contribution in [2.24, 2.45) is 0 Å². The van der Waals surface area contributed by atoms with E-state index in [1.54, 1.807) is 0 Å². The highest BCUT2D eigenvalue weighted by Gasteiger charge is 2.40. The lowest BCUT2D eigenvalue weighted by atomic mass is 10.1. The summed E-state index contributed by atoms with van der Waals surface area (Å²) in [5, 5.41) is 0. The number of hydrogen-bond acceptors (Lipinski definition) is 10. The van der Waals surface area contributed by atoms with Gasteiger partial charge in [0.25, 0.3) is 0 Å². The summed E-state index contributed by atoms with van der Waals surface area (Å²) in [6, 6.07) is 0. The standard InChI is InChI=1S/C33H57O10P/c1-7-13-16-19-22-25-31(38-28(34)10-4)41-44(37,42-32(39-29(35)11-5)26-23-20-17-14-8-2)43-33(40-30(36)12-6)27-24-21-18-15-9-3/h10-12,31-33H,4-9,13-27H2,1-3H3. The van der Waals surface area contributed by atoms with Crippen LogP contribution in [0.5, 0.6) is 0 Å². The highest BCUT2D eigenvalue weighted by atomic mass is 31.2. The van der Waals surface area contributed by atoms with Crippen molar-refractivity contribution in [3.05, 3.63) is 38.0 Å². The number of esters is 3. The molecule has 0 radical (unpaired) electrons. The van der Waals surface area contributed by atoms with Gasteiger partial charge in [0.05, 0.1) is 0 Å². The fourth-order valence-corrected chi connectivity index (χ4v) is 5.64. The normalized spacial score (nSPS) is 14.4. The fourth-order valence-electron chi connectivity index (χ4n) is 4.18. The Morgan fingerprint density at radius 2 is 0.750 bits per heavy atom. The van der Waals surface area contributed by atoms with Gasteiger partial charge in [0, 0.05) is 37.5 Å². The van der Waals surface area contributed by atoms with Crippen molar-refractivity contribution in [2.45, 2.75) is 155 Å². The van der Waals surface area contributed by atoms with Crippen molar-refractivity contribution in [1.29, 1.82) is 0 Å². The molecule has 0 heterocycles. The summed E-state index contributed by atoms with van der Waals surface area (Å²) in [4.78, 5) is 36.5. The van der Waals surface area contributed by atoms with Crippen molar-refractivity contribution in [3.63, 3.8) is 0 Å². The number of ether oxygens (including phenoxy) is 3. The molecule has 254 valence electrons. The molecule has 0 aliphatic carbocycles. The minimum atomic E-state index is -4.71. The van der Waals surface area contributed by atoms with Crippen LogP contribution in [-0.4, -0.2) is 36.8 Å². The number of unbranched alkanes of at least 4 members (excludes halogenated alkanes) is 12. The third-order valence-electron chi connectivity index (χ3n) is 6.61. The largest absolute Gasteiger partial charge is 0.484 e. The van der Waals surface area contributed by atoms with Crippen LogP contribution >= 0.6 is 7.82 Å². The summed E-state index contributed by atoms with van der Waals surface area (Å²) >= 11 is 0. The number of carbonyl (C=O) groups is 3. The molecular formula is C33H57O10P.